The van der Waals surface area contributed by atoms with Gasteiger partial charge < -0.3 is 14.2 Å². The van der Waals surface area contributed by atoms with E-state index in [1.165, 1.54) is 128 Å². The average molecular weight is 895 g/mol. The van der Waals surface area contributed by atoms with E-state index in [1.807, 2.05) is 0 Å². The maximum absolute atomic E-state index is 12.8. The highest BCUT2D eigenvalue weighted by atomic mass is 16.6. The second kappa shape index (κ2) is 52.7. The number of ether oxygens (including phenoxy) is 3. The van der Waals surface area contributed by atoms with E-state index in [9.17, 15) is 14.4 Å². The van der Waals surface area contributed by atoms with E-state index in [0.29, 0.717) is 19.3 Å². The van der Waals surface area contributed by atoms with Gasteiger partial charge in [-0.3, -0.25) is 14.4 Å². The van der Waals surface area contributed by atoms with Crippen LogP contribution < -0.4 is 0 Å². The van der Waals surface area contributed by atoms with E-state index in [4.69, 9.17) is 14.2 Å². The third-order valence-corrected chi connectivity index (χ3v) is 11.7. The zero-order valence-corrected chi connectivity index (χ0v) is 42.3. The summed E-state index contributed by atoms with van der Waals surface area (Å²) in [6.45, 7) is 6.56. The summed E-state index contributed by atoms with van der Waals surface area (Å²) in [6.07, 6.45) is 64.8. The van der Waals surface area contributed by atoms with Gasteiger partial charge in [-0.05, 0) is 103 Å². The van der Waals surface area contributed by atoms with E-state index >= 15 is 0 Å². The highest BCUT2D eigenvalue weighted by Gasteiger charge is 2.19. The van der Waals surface area contributed by atoms with E-state index in [0.717, 1.165) is 103 Å². The van der Waals surface area contributed by atoms with Crippen LogP contribution in [-0.4, -0.2) is 37.2 Å². The highest BCUT2D eigenvalue weighted by Crippen LogP contribution is 2.14. The molecule has 6 nitrogen and oxygen atoms in total. The number of allylic oxidation sites excluding steroid dienone is 10. The van der Waals surface area contributed by atoms with Crippen molar-refractivity contribution in [2.75, 3.05) is 13.2 Å². The number of carbonyl (C=O) groups excluding carboxylic acids is 3. The number of rotatable bonds is 49. The van der Waals surface area contributed by atoms with Crippen LogP contribution in [0.4, 0.5) is 0 Å². The predicted octanol–water partition coefficient (Wildman–Crippen LogP) is 18.0. The van der Waals surface area contributed by atoms with Gasteiger partial charge in [0.2, 0.25) is 0 Å². The van der Waals surface area contributed by atoms with Crippen LogP contribution in [0.15, 0.2) is 60.8 Å². The molecule has 0 bridgehead atoms. The molecule has 0 amide bonds. The van der Waals surface area contributed by atoms with Gasteiger partial charge in [-0.15, -0.1) is 0 Å². The molecule has 0 aliphatic heterocycles. The summed E-state index contributed by atoms with van der Waals surface area (Å²) in [7, 11) is 0. The summed E-state index contributed by atoms with van der Waals surface area (Å²) in [6, 6.07) is 0. The summed E-state index contributed by atoms with van der Waals surface area (Å²) in [5.41, 5.74) is 0. The van der Waals surface area contributed by atoms with Crippen LogP contribution in [0.2, 0.25) is 0 Å². The summed E-state index contributed by atoms with van der Waals surface area (Å²) < 4.78 is 16.8. The molecule has 0 spiro atoms. The van der Waals surface area contributed by atoms with Crippen LogP contribution >= 0.6 is 0 Å². The van der Waals surface area contributed by atoms with Crippen LogP contribution in [0.25, 0.3) is 0 Å². The summed E-state index contributed by atoms with van der Waals surface area (Å²) in [5, 5.41) is 0. The van der Waals surface area contributed by atoms with Gasteiger partial charge >= 0.3 is 17.9 Å². The van der Waals surface area contributed by atoms with Crippen LogP contribution in [0.1, 0.15) is 271 Å². The maximum Gasteiger partial charge on any atom is 0.306 e. The standard InChI is InChI=1S/C58H102O6/c1-4-7-10-13-16-19-22-25-28-29-31-33-36-39-42-45-48-51-57(60)63-54-55(53-62-56(59)50-47-44-41-38-35-32-27-24-21-18-15-12-9-6-3)64-58(61)52-49-46-43-40-37-34-30-26-23-20-17-14-11-8-5-2/h15-16,18-19,24-28,30,55H,4-14,17,20-23,29,31-54H2,1-3H3/b18-15-,19-16-,27-24-,28-25-,30-26-. The fourth-order valence-corrected chi connectivity index (χ4v) is 7.54. The quantitative estimate of drug-likeness (QED) is 0.0262. The van der Waals surface area contributed by atoms with Crippen LogP contribution in [0.5, 0.6) is 0 Å². The third-order valence-electron chi connectivity index (χ3n) is 11.7. The fraction of sp³-hybridized carbons (Fsp3) is 0.776. The first-order valence-corrected chi connectivity index (χ1v) is 27.3. The Balaban J connectivity index is 4.41. The maximum atomic E-state index is 12.8. The third kappa shape index (κ3) is 50.1. The van der Waals surface area contributed by atoms with Gasteiger partial charge in [0.05, 0.1) is 0 Å². The van der Waals surface area contributed by atoms with E-state index in [2.05, 4.69) is 81.5 Å². The van der Waals surface area contributed by atoms with Gasteiger partial charge in [-0.1, -0.05) is 210 Å². The minimum atomic E-state index is -0.787. The van der Waals surface area contributed by atoms with Gasteiger partial charge in [-0.2, -0.15) is 0 Å². The van der Waals surface area contributed by atoms with Gasteiger partial charge in [0.1, 0.15) is 13.2 Å². The minimum absolute atomic E-state index is 0.0858. The Morgan fingerprint density at radius 1 is 0.312 bits per heavy atom. The molecule has 0 heterocycles. The molecular formula is C58H102O6. The number of hydrogen-bond donors (Lipinski definition) is 0. The molecule has 0 saturated heterocycles. The molecule has 6 heteroatoms. The van der Waals surface area contributed by atoms with Crippen LogP contribution in [0.3, 0.4) is 0 Å². The van der Waals surface area contributed by atoms with Crippen LogP contribution in [-0.2, 0) is 28.6 Å². The number of unbranched alkanes of at least 4 members (excludes halogenated alkanes) is 28. The van der Waals surface area contributed by atoms with Crippen LogP contribution in [0, 0.1) is 0 Å². The Morgan fingerprint density at radius 3 is 0.953 bits per heavy atom. The lowest BCUT2D eigenvalue weighted by Gasteiger charge is -2.18. The first-order valence-electron chi connectivity index (χ1n) is 27.3. The molecule has 1 atom stereocenters. The monoisotopic (exact) mass is 895 g/mol. The van der Waals surface area contributed by atoms with Crippen molar-refractivity contribution in [3.63, 3.8) is 0 Å². The van der Waals surface area contributed by atoms with Gasteiger partial charge in [-0.25, -0.2) is 0 Å². The number of carbonyl (C=O) groups is 3. The molecule has 0 aliphatic carbocycles. The minimum Gasteiger partial charge on any atom is -0.462 e. The van der Waals surface area contributed by atoms with Crippen molar-refractivity contribution in [1.82, 2.24) is 0 Å². The molecule has 0 aromatic heterocycles. The lowest BCUT2D eigenvalue weighted by atomic mass is 10.1. The molecule has 0 aromatic carbocycles. The Kier molecular flexibility index (Phi) is 50.4. The molecule has 0 aromatic rings. The Morgan fingerprint density at radius 2 is 0.578 bits per heavy atom. The molecule has 1 unspecified atom stereocenters. The van der Waals surface area contributed by atoms with Crippen molar-refractivity contribution in [3.8, 4) is 0 Å². The fourth-order valence-electron chi connectivity index (χ4n) is 7.54. The highest BCUT2D eigenvalue weighted by molar-refractivity contribution is 5.71. The van der Waals surface area contributed by atoms with Crippen molar-refractivity contribution >= 4 is 17.9 Å². The Labute approximate surface area is 396 Å². The zero-order valence-electron chi connectivity index (χ0n) is 42.3. The lowest BCUT2D eigenvalue weighted by molar-refractivity contribution is -0.167. The molecule has 0 saturated carbocycles. The second-order valence-corrected chi connectivity index (χ2v) is 18.1. The molecule has 0 radical (unpaired) electrons. The smallest absolute Gasteiger partial charge is 0.306 e. The number of hydrogen-bond acceptors (Lipinski definition) is 6. The predicted molar refractivity (Wildman–Crippen MR) is 275 cm³/mol. The Bertz CT molecular complexity index is 1170. The average Bonchev–Trinajstić information content (AvgIpc) is 3.29. The largest absolute Gasteiger partial charge is 0.462 e. The first-order chi connectivity index (χ1) is 31.5. The molecule has 0 N–H and O–H groups in total. The van der Waals surface area contributed by atoms with Crippen molar-refractivity contribution in [1.29, 1.82) is 0 Å². The summed E-state index contributed by atoms with van der Waals surface area (Å²) >= 11 is 0. The van der Waals surface area contributed by atoms with Crippen molar-refractivity contribution in [3.05, 3.63) is 60.8 Å². The zero-order chi connectivity index (χ0) is 46.5. The van der Waals surface area contributed by atoms with E-state index in [-0.39, 0.29) is 31.1 Å². The van der Waals surface area contributed by atoms with Gasteiger partial charge in [0.15, 0.2) is 6.10 Å². The van der Waals surface area contributed by atoms with E-state index in [1.54, 1.807) is 0 Å². The number of esters is 3. The van der Waals surface area contributed by atoms with Gasteiger partial charge in [0.25, 0.3) is 0 Å². The molecule has 64 heavy (non-hydrogen) atoms. The molecule has 0 aliphatic rings. The van der Waals surface area contributed by atoms with Crippen molar-refractivity contribution in [2.24, 2.45) is 0 Å². The molecule has 0 rings (SSSR count). The molecule has 370 valence electrons. The van der Waals surface area contributed by atoms with Gasteiger partial charge in [0, 0.05) is 19.3 Å². The second-order valence-electron chi connectivity index (χ2n) is 18.1. The summed E-state index contributed by atoms with van der Waals surface area (Å²) in [5.74, 6) is -0.909. The van der Waals surface area contributed by atoms with Crippen molar-refractivity contribution in [2.45, 2.75) is 277 Å². The topological polar surface area (TPSA) is 78.9 Å². The Hall–Kier alpha value is -2.89. The lowest BCUT2D eigenvalue weighted by Crippen LogP contribution is -2.30. The SMILES string of the molecule is CCCC/C=C\C/C=C\CCCCCCCC(=O)OCC(COC(=O)CCCCCCCCC/C=C\C/C=C\CCCCC)OC(=O)CCCCCCC/C=C\CCCCCCCC. The molecular weight excluding hydrogens is 793 g/mol. The van der Waals surface area contributed by atoms with Crippen molar-refractivity contribution < 1.29 is 28.6 Å². The molecule has 0 fully saturated rings. The van der Waals surface area contributed by atoms with E-state index < -0.39 is 6.10 Å². The normalized spacial score (nSPS) is 12.5. The first kappa shape index (κ1) is 61.1. The summed E-state index contributed by atoms with van der Waals surface area (Å²) in [4.78, 5) is 38.1.